The first kappa shape index (κ1) is 14.9. The van der Waals surface area contributed by atoms with E-state index in [4.69, 9.17) is 27.9 Å². The zero-order valence-corrected chi connectivity index (χ0v) is 12.5. The van der Waals surface area contributed by atoms with Crippen LogP contribution in [-0.2, 0) is 16.0 Å². The highest BCUT2D eigenvalue weighted by Crippen LogP contribution is 2.28. The van der Waals surface area contributed by atoms with Gasteiger partial charge in [-0.3, -0.25) is 4.79 Å². The van der Waals surface area contributed by atoms with Crippen LogP contribution >= 0.6 is 23.2 Å². The van der Waals surface area contributed by atoms with Gasteiger partial charge in [0.25, 0.3) is 0 Å². The van der Waals surface area contributed by atoms with Crippen LogP contribution in [0.2, 0.25) is 10.0 Å². The number of halogens is 2. The summed E-state index contributed by atoms with van der Waals surface area (Å²) in [6, 6.07) is 14.8. The van der Waals surface area contributed by atoms with Crippen LogP contribution in [0.1, 0.15) is 17.0 Å². The van der Waals surface area contributed by atoms with Crippen molar-refractivity contribution < 1.29 is 9.53 Å². The molecule has 0 bridgehead atoms. The summed E-state index contributed by atoms with van der Waals surface area (Å²) in [7, 11) is 1.39. The monoisotopic (exact) mass is 308 g/mol. The summed E-state index contributed by atoms with van der Waals surface area (Å²) in [6.45, 7) is 0. The number of esters is 1. The zero-order chi connectivity index (χ0) is 14.5. The first-order valence-corrected chi connectivity index (χ1v) is 6.94. The van der Waals surface area contributed by atoms with Gasteiger partial charge in [0.1, 0.15) is 0 Å². The molecule has 2 rings (SSSR count). The molecule has 20 heavy (non-hydrogen) atoms. The minimum atomic E-state index is -0.375. The van der Waals surface area contributed by atoms with E-state index in [2.05, 4.69) is 0 Å². The van der Waals surface area contributed by atoms with Gasteiger partial charge in [-0.1, -0.05) is 59.6 Å². The van der Waals surface area contributed by atoms with Gasteiger partial charge in [0.2, 0.25) is 0 Å². The molecule has 0 saturated heterocycles. The van der Waals surface area contributed by atoms with E-state index in [-0.39, 0.29) is 11.9 Å². The molecule has 2 aromatic rings. The van der Waals surface area contributed by atoms with Crippen LogP contribution in [0.25, 0.3) is 0 Å². The predicted octanol–water partition coefficient (Wildman–Crippen LogP) is 4.49. The van der Waals surface area contributed by atoms with Crippen molar-refractivity contribution in [1.29, 1.82) is 0 Å². The fourth-order valence-corrected chi connectivity index (χ4v) is 2.56. The van der Waals surface area contributed by atoms with Crippen LogP contribution in [0, 0.1) is 0 Å². The Morgan fingerprint density at radius 3 is 2.45 bits per heavy atom. The normalized spacial score (nSPS) is 11.9. The fourth-order valence-electron chi connectivity index (χ4n) is 2.07. The van der Waals surface area contributed by atoms with E-state index in [1.165, 1.54) is 7.11 Å². The third kappa shape index (κ3) is 3.53. The molecule has 2 aromatic carbocycles. The smallest absolute Gasteiger partial charge is 0.313 e. The van der Waals surface area contributed by atoms with Crippen LogP contribution in [0.4, 0.5) is 0 Å². The van der Waals surface area contributed by atoms with Gasteiger partial charge in [-0.15, -0.1) is 0 Å². The van der Waals surface area contributed by atoms with E-state index in [0.717, 1.165) is 11.1 Å². The van der Waals surface area contributed by atoms with E-state index >= 15 is 0 Å². The Morgan fingerprint density at radius 2 is 1.85 bits per heavy atom. The second kappa shape index (κ2) is 6.78. The number of hydrogen-bond acceptors (Lipinski definition) is 2. The molecule has 0 aliphatic heterocycles. The molecule has 0 heterocycles. The molecule has 0 fully saturated rings. The van der Waals surface area contributed by atoms with Crippen molar-refractivity contribution in [3.8, 4) is 0 Å². The van der Waals surface area contributed by atoms with Crippen LogP contribution < -0.4 is 0 Å². The fraction of sp³-hybridized carbons (Fsp3) is 0.188. The quantitative estimate of drug-likeness (QED) is 0.778. The molecule has 2 nitrogen and oxygen atoms in total. The predicted molar refractivity (Wildman–Crippen MR) is 81.4 cm³/mol. The maximum atomic E-state index is 12.0. The summed E-state index contributed by atoms with van der Waals surface area (Å²) < 4.78 is 4.89. The average molecular weight is 309 g/mol. The lowest BCUT2D eigenvalue weighted by molar-refractivity contribution is -0.142. The van der Waals surface area contributed by atoms with Crippen LogP contribution in [-0.4, -0.2) is 13.1 Å². The topological polar surface area (TPSA) is 26.3 Å². The van der Waals surface area contributed by atoms with Crippen molar-refractivity contribution in [3.05, 3.63) is 69.7 Å². The third-order valence-corrected chi connectivity index (χ3v) is 3.71. The number of rotatable bonds is 4. The van der Waals surface area contributed by atoms with Gasteiger partial charge in [-0.05, 0) is 29.7 Å². The largest absolute Gasteiger partial charge is 0.469 e. The van der Waals surface area contributed by atoms with Crippen LogP contribution in [0.3, 0.4) is 0 Å². The molecule has 0 amide bonds. The standard InChI is InChI=1S/C16H14Cl2O2/c1-20-16(19)14(11-5-3-2-4-6-11)9-12-7-8-13(17)10-15(12)18/h2-8,10,14H,9H2,1H3. The number of carbonyl (C=O) groups is 1. The molecule has 4 heteroatoms. The second-order valence-corrected chi connectivity index (χ2v) is 5.27. The number of hydrogen-bond donors (Lipinski definition) is 0. The second-order valence-electron chi connectivity index (χ2n) is 4.43. The Bertz CT molecular complexity index is 597. The van der Waals surface area contributed by atoms with Crippen molar-refractivity contribution >= 4 is 29.2 Å². The van der Waals surface area contributed by atoms with Crippen molar-refractivity contribution in [2.24, 2.45) is 0 Å². The number of ether oxygens (including phenoxy) is 1. The van der Waals surface area contributed by atoms with E-state index in [0.29, 0.717) is 16.5 Å². The summed E-state index contributed by atoms with van der Waals surface area (Å²) in [5.74, 6) is -0.651. The zero-order valence-electron chi connectivity index (χ0n) is 11.0. The van der Waals surface area contributed by atoms with Gasteiger partial charge < -0.3 is 4.74 Å². The van der Waals surface area contributed by atoms with Gasteiger partial charge in [0.05, 0.1) is 13.0 Å². The van der Waals surface area contributed by atoms with Crippen LogP contribution in [0.5, 0.6) is 0 Å². The van der Waals surface area contributed by atoms with Crippen molar-refractivity contribution in [2.75, 3.05) is 7.11 Å². The molecule has 1 atom stereocenters. The molecule has 0 radical (unpaired) electrons. The molecule has 0 aromatic heterocycles. The van der Waals surface area contributed by atoms with Gasteiger partial charge >= 0.3 is 5.97 Å². The number of carbonyl (C=O) groups excluding carboxylic acids is 1. The first-order chi connectivity index (χ1) is 9.61. The molecular formula is C16H14Cl2O2. The van der Waals surface area contributed by atoms with Gasteiger partial charge in [0, 0.05) is 10.0 Å². The average Bonchev–Trinajstić information content (AvgIpc) is 2.46. The van der Waals surface area contributed by atoms with E-state index in [1.54, 1.807) is 12.1 Å². The molecule has 104 valence electrons. The lowest BCUT2D eigenvalue weighted by atomic mass is 9.92. The third-order valence-electron chi connectivity index (χ3n) is 3.13. The highest BCUT2D eigenvalue weighted by molar-refractivity contribution is 6.35. The summed E-state index contributed by atoms with van der Waals surface area (Å²) in [4.78, 5) is 12.0. The van der Waals surface area contributed by atoms with Gasteiger partial charge in [-0.25, -0.2) is 0 Å². The Morgan fingerprint density at radius 1 is 1.15 bits per heavy atom. The van der Waals surface area contributed by atoms with Crippen molar-refractivity contribution in [3.63, 3.8) is 0 Å². The maximum Gasteiger partial charge on any atom is 0.313 e. The summed E-state index contributed by atoms with van der Waals surface area (Å²) in [5.41, 5.74) is 1.78. The highest BCUT2D eigenvalue weighted by Gasteiger charge is 2.22. The molecule has 0 spiro atoms. The lowest BCUT2D eigenvalue weighted by Crippen LogP contribution is -2.17. The Balaban J connectivity index is 2.31. The highest BCUT2D eigenvalue weighted by atomic mass is 35.5. The Kier molecular flexibility index (Phi) is 5.05. The minimum Gasteiger partial charge on any atom is -0.469 e. The molecular weight excluding hydrogens is 295 g/mol. The summed E-state index contributed by atoms with van der Waals surface area (Å²) in [5, 5.41) is 1.13. The van der Waals surface area contributed by atoms with Crippen molar-refractivity contribution in [2.45, 2.75) is 12.3 Å². The SMILES string of the molecule is COC(=O)C(Cc1ccc(Cl)cc1Cl)c1ccccc1. The van der Waals surface area contributed by atoms with E-state index < -0.39 is 0 Å². The molecule has 0 saturated carbocycles. The van der Waals surface area contributed by atoms with Crippen molar-refractivity contribution in [1.82, 2.24) is 0 Å². The Hall–Kier alpha value is -1.51. The molecule has 1 unspecified atom stereocenters. The molecule has 0 aliphatic rings. The molecule has 0 N–H and O–H groups in total. The minimum absolute atomic E-state index is 0.276. The van der Waals surface area contributed by atoms with E-state index in [1.807, 2.05) is 36.4 Å². The summed E-state index contributed by atoms with van der Waals surface area (Å²) in [6.07, 6.45) is 0.479. The first-order valence-electron chi connectivity index (χ1n) is 6.18. The van der Waals surface area contributed by atoms with Gasteiger partial charge in [0.15, 0.2) is 0 Å². The molecule has 0 aliphatic carbocycles. The Labute approximate surface area is 128 Å². The summed E-state index contributed by atoms with van der Waals surface area (Å²) >= 11 is 12.1. The van der Waals surface area contributed by atoms with Crippen LogP contribution in [0.15, 0.2) is 48.5 Å². The number of benzene rings is 2. The maximum absolute atomic E-state index is 12.0. The lowest BCUT2D eigenvalue weighted by Gasteiger charge is -2.16. The van der Waals surface area contributed by atoms with Gasteiger partial charge in [-0.2, -0.15) is 0 Å². The number of methoxy groups -OCH3 is 1. The van der Waals surface area contributed by atoms with E-state index in [9.17, 15) is 4.79 Å².